The van der Waals surface area contributed by atoms with E-state index in [4.69, 9.17) is 9.47 Å². The van der Waals surface area contributed by atoms with E-state index in [1.807, 2.05) is 6.92 Å². The molecule has 0 saturated carbocycles. The van der Waals surface area contributed by atoms with Crippen LogP contribution in [0, 0.1) is 6.92 Å². The zero-order valence-corrected chi connectivity index (χ0v) is 12.3. The van der Waals surface area contributed by atoms with Gasteiger partial charge in [0.25, 0.3) is 0 Å². The van der Waals surface area contributed by atoms with Crippen LogP contribution in [0.3, 0.4) is 0 Å². The lowest BCUT2D eigenvalue weighted by atomic mass is 10.3. The van der Waals surface area contributed by atoms with E-state index in [-0.39, 0.29) is 0 Å². The molecule has 1 aromatic rings. The predicted octanol–water partition coefficient (Wildman–Crippen LogP) is 1.60. The van der Waals surface area contributed by atoms with Crippen LogP contribution in [0.4, 0.5) is 5.13 Å². The van der Waals surface area contributed by atoms with Gasteiger partial charge in [0.05, 0.1) is 29.9 Å². The summed E-state index contributed by atoms with van der Waals surface area (Å²) in [6.07, 6.45) is -0.469. The number of aliphatic hydroxyl groups is 1. The first-order valence-electron chi connectivity index (χ1n) is 5.98. The van der Waals surface area contributed by atoms with Crippen molar-refractivity contribution in [2.24, 2.45) is 0 Å². The van der Waals surface area contributed by atoms with E-state index in [0.717, 1.165) is 28.8 Å². The summed E-state index contributed by atoms with van der Waals surface area (Å²) in [6.45, 7) is 6.52. The highest BCUT2D eigenvalue weighted by Crippen LogP contribution is 2.30. The SMILES string of the molecule is COCCN(CCOC)c1nc(C)c(C(C)O)s1. The summed E-state index contributed by atoms with van der Waals surface area (Å²) in [4.78, 5) is 7.55. The summed E-state index contributed by atoms with van der Waals surface area (Å²) in [5.74, 6) is 0. The third kappa shape index (κ3) is 4.20. The zero-order valence-electron chi connectivity index (χ0n) is 11.5. The van der Waals surface area contributed by atoms with Gasteiger partial charge < -0.3 is 19.5 Å². The van der Waals surface area contributed by atoms with Crippen LogP contribution in [-0.2, 0) is 9.47 Å². The largest absolute Gasteiger partial charge is 0.388 e. The maximum absolute atomic E-state index is 9.65. The van der Waals surface area contributed by atoms with Crippen molar-refractivity contribution in [3.63, 3.8) is 0 Å². The van der Waals surface area contributed by atoms with Gasteiger partial charge in [0.2, 0.25) is 0 Å². The van der Waals surface area contributed by atoms with E-state index in [0.29, 0.717) is 13.2 Å². The van der Waals surface area contributed by atoms with Gasteiger partial charge in [0.15, 0.2) is 5.13 Å². The summed E-state index contributed by atoms with van der Waals surface area (Å²) < 4.78 is 10.2. The molecule has 0 saturated heterocycles. The smallest absolute Gasteiger partial charge is 0.186 e. The van der Waals surface area contributed by atoms with Gasteiger partial charge in [-0.25, -0.2) is 4.98 Å². The Bertz CT molecular complexity index is 347. The van der Waals surface area contributed by atoms with Crippen LogP contribution in [-0.4, -0.2) is 50.6 Å². The molecule has 1 rings (SSSR count). The van der Waals surface area contributed by atoms with Crippen LogP contribution in [0.1, 0.15) is 23.6 Å². The van der Waals surface area contributed by atoms with Crippen molar-refractivity contribution in [3.05, 3.63) is 10.6 Å². The minimum Gasteiger partial charge on any atom is -0.388 e. The topological polar surface area (TPSA) is 54.8 Å². The van der Waals surface area contributed by atoms with Crippen molar-refractivity contribution >= 4 is 16.5 Å². The zero-order chi connectivity index (χ0) is 13.5. The van der Waals surface area contributed by atoms with Crippen LogP contribution in [0.5, 0.6) is 0 Å². The fourth-order valence-corrected chi connectivity index (χ4v) is 2.68. The Kier molecular flexibility index (Phi) is 6.56. The van der Waals surface area contributed by atoms with Crippen LogP contribution >= 0.6 is 11.3 Å². The molecule has 0 amide bonds. The Morgan fingerprint density at radius 1 is 1.28 bits per heavy atom. The van der Waals surface area contributed by atoms with Crippen LogP contribution in [0.15, 0.2) is 0 Å². The summed E-state index contributed by atoms with van der Waals surface area (Å²) in [7, 11) is 3.37. The lowest BCUT2D eigenvalue weighted by Gasteiger charge is -2.20. The van der Waals surface area contributed by atoms with Crippen LogP contribution in [0.2, 0.25) is 0 Å². The number of hydrogen-bond acceptors (Lipinski definition) is 6. The number of aromatic nitrogens is 1. The highest BCUT2D eigenvalue weighted by Gasteiger charge is 2.16. The van der Waals surface area contributed by atoms with Crippen molar-refractivity contribution in [2.75, 3.05) is 45.4 Å². The van der Waals surface area contributed by atoms with Crippen molar-refractivity contribution in [3.8, 4) is 0 Å². The second kappa shape index (κ2) is 7.68. The van der Waals surface area contributed by atoms with Crippen LogP contribution in [0.25, 0.3) is 0 Å². The molecule has 6 heteroatoms. The van der Waals surface area contributed by atoms with Crippen molar-refractivity contribution in [1.82, 2.24) is 4.98 Å². The molecule has 18 heavy (non-hydrogen) atoms. The van der Waals surface area contributed by atoms with Gasteiger partial charge in [-0.3, -0.25) is 0 Å². The van der Waals surface area contributed by atoms with Crippen molar-refractivity contribution < 1.29 is 14.6 Å². The second-order valence-electron chi connectivity index (χ2n) is 4.09. The maximum atomic E-state index is 9.65. The van der Waals surface area contributed by atoms with Gasteiger partial charge in [-0.15, -0.1) is 0 Å². The standard InChI is InChI=1S/C12H22N2O3S/c1-9-11(10(2)15)18-12(13-9)14(5-7-16-3)6-8-17-4/h10,15H,5-8H2,1-4H3. The molecule has 5 nitrogen and oxygen atoms in total. The average molecular weight is 274 g/mol. The van der Waals surface area contributed by atoms with E-state index in [1.54, 1.807) is 21.1 Å². The fourth-order valence-electron chi connectivity index (χ4n) is 1.62. The fraction of sp³-hybridized carbons (Fsp3) is 0.750. The summed E-state index contributed by atoms with van der Waals surface area (Å²) >= 11 is 1.53. The Labute approximate surface area is 112 Å². The number of ether oxygens (including phenoxy) is 2. The lowest BCUT2D eigenvalue weighted by molar-refractivity contribution is 0.190. The van der Waals surface area contributed by atoms with E-state index in [9.17, 15) is 5.11 Å². The Balaban J connectivity index is 2.79. The summed E-state index contributed by atoms with van der Waals surface area (Å²) in [5, 5.41) is 10.6. The minimum atomic E-state index is -0.469. The van der Waals surface area contributed by atoms with Crippen molar-refractivity contribution in [1.29, 1.82) is 0 Å². The minimum absolute atomic E-state index is 0.469. The lowest BCUT2D eigenvalue weighted by Crippen LogP contribution is -2.30. The quantitative estimate of drug-likeness (QED) is 0.780. The first-order chi connectivity index (χ1) is 8.60. The molecule has 0 aliphatic rings. The number of nitrogens with zero attached hydrogens (tertiary/aromatic N) is 2. The van der Waals surface area contributed by atoms with Gasteiger partial charge in [-0.1, -0.05) is 11.3 Å². The first-order valence-corrected chi connectivity index (χ1v) is 6.80. The molecule has 1 N–H and O–H groups in total. The number of thiazole rings is 1. The first kappa shape index (κ1) is 15.4. The molecule has 0 radical (unpaired) electrons. The van der Waals surface area contributed by atoms with Crippen LogP contribution < -0.4 is 4.90 Å². The molecule has 0 fully saturated rings. The van der Waals surface area contributed by atoms with Gasteiger partial charge >= 0.3 is 0 Å². The van der Waals surface area contributed by atoms with E-state index >= 15 is 0 Å². The number of aryl methyl sites for hydroxylation is 1. The molecule has 1 atom stereocenters. The number of aliphatic hydroxyl groups excluding tert-OH is 1. The number of rotatable bonds is 8. The Morgan fingerprint density at radius 3 is 2.22 bits per heavy atom. The molecule has 0 aromatic carbocycles. The van der Waals surface area contributed by atoms with E-state index < -0.39 is 6.10 Å². The molecular weight excluding hydrogens is 252 g/mol. The average Bonchev–Trinajstić information content (AvgIpc) is 2.71. The Hall–Kier alpha value is -0.690. The Morgan fingerprint density at radius 2 is 1.83 bits per heavy atom. The van der Waals surface area contributed by atoms with Gasteiger partial charge in [-0.2, -0.15) is 0 Å². The maximum Gasteiger partial charge on any atom is 0.186 e. The predicted molar refractivity (Wildman–Crippen MR) is 73.4 cm³/mol. The molecule has 0 aliphatic carbocycles. The molecule has 0 spiro atoms. The molecule has 1 heterocycles. The monoisotopic (exact) mass is 274 g/mol. The van der Waals surface area contributed by atoms with Crippen molar-refractivity contribution in [2.45, 2.75) is 20.0 Å². The van der Waals surface area contributed by atoms with Gasteiger partial charge in [-0.05, 0) is 13.8 Å². The highest BCUT2D eigenvalue weighted by molar-refractivity contribution is 7.15. The summed E-state index contributed by atoms with van der Waals surface area (Å²) in [5.41, 5.74) is 0.893. The van der Waals surface area contributed by atoms with Gasteiger partial charge in [0, 0.05) is 27.3 Å². The van der Waals surface area contributed by atoms with E-state index in [1.165, 1.54) is 11.3 Å². The molecule has 104 valence electrons. The molecule has 1 aromatic heterocycles. The molecule has 0 aliphatic heterocycles. The number of methoxy groups -OCH3 is 2. The summed E-state index contributed by atoms with van der Waals surface area (Å²) in [6, 6.07) is 0. The molecular formula is C12H22N2O3S. The number of hydrogen-bond donors (Lipinski definition) is 1. The third-order valence-electron chi connectivity index (χ3n) is 2.60. The highest BCUT2D eigenvalue weighted by atomic mass is 32.1. The number of anilines is 1. The molecule has 1 unspecified atom stereocenters. The normalized spacial score (nSPS) is 12.7. The molecule has 0 bridgehead atoms. The van der Waals surface area contributed by atoms with Gasteiger partial charge in [0.1, 0.15) is 0 Å². The van der Waals surface area contributed by atoms with E-state index in [2.05, 4.69) is 9.88 Å². The second-order valence-corrected chi connectivity index (χ2v) is 5.10. The third-order valence-corrected chi connectivity index (χ3v) is 3.99.